The Morgan fingerprint density at radius 1 is 1.18 bits per heavy atom. The van der Waals surface area contributed by atoms with Crippen molar-refractivity contribution in [3.8, 4) is 0 Å². The second kappa shape index (κ2) is 4.40. The molecule has 17 heavy (non-hydrogen) atoms. The molecule has 0 N–H and O–H groups in total. The largest absolute Gasteiger partial charge is 0.407 e. The average Bonchev–Trinajstić information content (AvgIpc) is 2.60. The lowest BCUT2D eigenvalue weighted by Gasteiger charge is -2.39. The van der Waals surface area contributed by atoms with E-state index in [-0.39, 0.29) is 0 Å². The third-order valence-electron chi connectivity index (χ3n) is 4.60. The second-order valence-corrected chi connectivity index (χ2v) is 11.7. The standard InChI is InChI=1S/C15H26OSi/c1-15(2,3)17(4,5)16-14-11-10-12-8-6-7-9-13(12)14/h10-11,14H,6-9H2,1-5H3/t14-/m1/s1. The fourth-order valence-corrected chi connectivity index (χ4v) is 3.60. The molecule has 2 aliphatic rings. The summed E-state index contributed by atoms with van der Waals surface area (Å²) in [7, 11) is -1.63. The van der Waals surface area contributed by atoms with E-state index in [4.69, 9.17) is 4.43 Å². The highest BCUT2D eigenvalue weighted by Gasteiger charge is 2.40. The first-order chi connectivity index (χ1) is 7.81. The van der Waals surface area contributed by atoms with Crippen molar-refractivity contribution in [3.63, 3.8) is 0 Å². The van der Waals surface area contributed by atoms with Crippen LogP contribution in [0.4, 0.5) is 0 Å². The predicted octanol–water partition coefficient (Wildman–Crippen LogP) is 4.82. The second-order valence-electron chi connectivity index (χ2n) is 6.92. The molecular weight excluding hydrogens is 224 g/mol. The van der Waals surface area contributed by atoms with E-state index >= 15 is 0 Å². The smallest absolute Gasteiger partial charge is 0.193 e. The van der Waals surface area contributed by atoms with Gasteiger partial charge in [-0.2, -0.15) is 0 Å². The lowest BCUT2D eigenvalue weighted by molar-refractivity contribution is 0.252. The van der Waals surface area contributed by atoms with Crippen LogP contribution < -0.4 is 0 Å². The number of hydrogen-bond acceptors (Lipinski definition) is 1. The zero-order chi connectivity index (χ0) is 12.7. The Balaban J connectivity index is 2.11. The van der Waals surface area contributed by atoms with Gasteiger partial charge in [0.15, 0.2) is 8.32 Å². The summed E-state index contributed by atoms with van der Waals surface area (Å²) in [6.07, 6.45) is 10.1. The Labute approximate surface area is 107 Å². The molecule has 0 amide bonds. The van der Waals surface area contributed by atoms with Gasteiger partial charge in [-0.05, 0) is 55.0 Å². The highest BCUT2D eigenvalue weighted by Crippen LogP contribution is 2.41. The Hall–Kier alpha value is -0.343. The molecule has 1 nitrogen and oxygen atoms in total. The van der Waals surface area contributed by atoms with Crippen molar-refractivity contribution < 1.29 is 4.43 Å². The highest BCUT2D eigenvalue weighted by atomic mass is 28.4. The molecule has 2 rings (SSSR count). The molecule has 1 atom stereocenters. The van der Waals surface area contributed by atoms with E-state index in [1.54, 1.807) is 11.1 Å². The van der Waals surface area contributed by atoms with Gasteiger partial charge in [-0.15, -0.1) is 0 Å². The summed E-state index contributed by atoms with van der Waals surface area (Å²) in [4.78, 5) is 0. The van der Waals surface area contributed by atoms with Crippen molar-refractivity contribution >= 4 is 8.32 Å². The molecule has 0 aliphatic heterocycles. The van der Waals surface area contributed by atoms with E-state index in [0.717, 1.165) is 0 Å². The van der Waals surface area contributed by atoms with E-state index < -0.39 is 8.32 Å². The molecule has 0 bridgehead atoms. The summed E-state index contributed by atoms with van der Waals surface area (Å²) < 4.78 is 6.53. The molecule has 0 spiro atoms. The van der Waals surface area contributed by atoms with E-state index in [9.17, 15) is 0 Å². The van der Waals surface area contributed by atoms with Gasteiger partial charge in [0.25, 0.3) is 0 Å². The number of rotatable bonds is 2. The van der Waals surface area contributed by atoms with Crippen LogP contribution in [0.5, 0.6) is 0 Å². The van der Waals surface area contributed by atoms with Gasteiger partial charge in [-0.3, -0.25) is 0 Å². The van der Waals surface area contributed by atoms with Crippen LogP contribution in [-0.2, 0) is 4.43 Å². The molecule has 0 fully saturated rings. The molecule has 0 aromatic heterocycles. The fourth-order valence-electron chi connectivity index (χ4n) is 2.39. The topological polar surface area (TPSA) is 9.23 Å². The van der Waals surface area contributed by atoms with Crippen molar-refractivity contribution in [2.75, 3.05) is 0 Å². The predicted molar refractivity (Wildman–Crippen MR) is 76.7 cm³/mol. The minimum Gasteiger partial charge on any atom is -0.407 e. The van der Waals surface area contributed by atoms with Crippen LogP contribution in [0.15, 0.2) is 23.3 Å². The van der Waals surface area contributed by atoms with Gasteiger partial charge in [-0.25, -0.2) is 0 Å². The summed E-state index contributed by atoms with van der Waals surface area (Å²) in [6.45, 7) is 11.6. The summed E-state index contributed by atoms with van der Waals surface area (Å²) in [6, 6.07) is 0. The SMILES string of the molecule is CC(C)(C)[Si](C)(C)O[C@@H]1C=CC2=C1CCCC2. The van der Waals surface area contributed by atoms with Crippen molar-refractivity contribution in [3.05, 3.63) is 23.3 Å². The van der Waals surface area contributed by atoms with Crippen LogP contribution in [0.25, 0.3) is 0 Å². The minimum atomic E-state index is -1.63. The van der Waals surface area contributed by atoms with Crippen LogP contribution in [0.2, 0.25) is 18.1 Å². The molecule has 0 saturated heterocycles. The van der Waals surface area contributed by atoms with Gasteiger partial charge in [0.05, 0.1) is 6.10 Å². The molecule has 0 heterocycles. The third kappa shape index (κ3) is 2.58. The minimum absolute atomic E-state index is 0.297. The molecule has 0 saturated carbocycles. The monoisotopic (exact) mass is 250 g/mol. The van der Waals surface area contributed by atoms with Crippen molar-refractivity contribution in [1.82, 2.24) is 0 Å². The molecule has 0 unspecified atom stereocenters. The molecule has 0 radical (unpaired) electrons. The summed E-state index contributed by atoms with van der Waals surface area (Å²) in [5.41, 5.74) is 3.15. The van der Waals surface area contributed by atoms with E-state index in [1.165, 1.54) is 25.7 Å². The summed E-state index contributed by atoms with van der Waals surface area (Å²) in [5, 5.41) is 0.304. The van der Waals surface area contributed by atoms with E-state index in [2.05, 4.69) is 46.0 Å². The molecule has 2 aliphatic carbocycles. The maximum atomic E-state index is 6.53. The maximum Gasteiger partial charge on any atom is 0.193 e. The first-order valence-electron chi connectivity index (χ1n) is 6.89. The zero-order valence-electron chi connectivity index (χ0n) is 12.0. The Bertz CT molecular complexity index is 358. The number of hydrogen-bond donors (Lipinski definition) is 0. The molecule has 0 aromatic carbocycles. The maximum absolute atomic E-state index is 6.53. The molecule has 96 valence electrons. The van der Waals surface area contributed by atoms with Gasteiger partial charge >= 0.3 is 0 Å². The van der Waals surface area contributed by atoms with Gasteiger partial charge < -0.3 is 4.43 Å². The van der Waals surface area contributed by atoms with Crippen LogP contribution in [-0.4, -0.2) is 14.4 Å². The summed E-state index contributed by atoms with van der Waals surface area (Å²) in [5.74, 6) is 0. The molecular formula is C15H26OSi. The molecule has 0 aromatic rings. The van der Waals surface area contributed by atoms with Crippen molar-refractivity contribution in [2.45, 2.75) is 70.7 Å². The fraction of sp³-hybridized carbons (Fsp3) is 0.733. The van der Waals surface area contributed by atoms with Crippen molar-refractivity contribution in [2.24, 2.45) is 0 Å². The lowest BCUT2D eigenvalue weighted by atomic mass is 9.93. The van der Waals surface area contributed by atoms with Gasteiger partial charge in [-0.1, -0.05) is 32.9 Å². The normalized spacial score (nSPS) is 25.4. The lowest BCUT2D eigenvalue weighted by Crippen LogP contribution is -2.43. The zero-order valence-corrected chi connectivity index (χ0v) is 13.0. The summed E-state index contributed by atoms with van der Waals surface area (Å²) >= 11 is 0. The van der Waals surface area contributed by atoms with Crippen LogP contribution in [0, 0.1) is 0 Å². The van der Waals surface area contributed by atoms with Gasteiger partial charge in [0.1, 0.15) is 0 Å². The quantitative estimate of drug-likeness (QED) is 0.639. The van der Waals surface area contributed by atoms with Crippen molar-refractivity contribution in [1.29, 1.82) is 0 Å². The molecule has 2 heteroatoms. The first kappa shape index (κ1) is 13.1. The highest BCUT2D eigenvalue weighted by molar-refractivity contribution is 6.74. The Kier molecular flexibility index (Phi) is 3.39. The van der Waals surface area contributed by atoms with Gasteiger partial charge in [0, 0.05) is 0 Å². The first-order valence-corrected chi connectivity index (χ1v) is 9.80. The average molecular weight is 250 g/mol. The number of allylic oxidation sites excluding steroid dienone is 2. The third-order valence-corrected chi connectivity index (χ3v) is 9.05. The van der Waals surface area contributed by atoms with Gasteiger partial charge in [0.2, 0.25) is 0 Å². The van der Waals surface area contributed by atoms with Crippen LogP contribution in [0.3, 0.4) is 0 Å². The van der Waals surface area contributed by atoms with E-state index in [0.29, 0.717) is 11.1 Å². The van der Waals surface area contributed by atoms with Crippen LogP contribution in [0.1, 0.15) is 46.5 Å². The van der Waals surface area contributed by atoms with Crippen LogP contribution >= 0.6 is 0 Å². The Morgan fingerprint density at radius 2 is 1.82 bits per heavy atom. The Morgan fingerprint density at radius 3 is 2.47 bits per heavy atom. The van der Waals surface area contributed by atoms with E-state index in [1.807, 2.05) is 0 Å².